The number of unbranched alkanes of at least 4 members (excludes halogenated alkanes) is 6. The normalized spacial score (nSPS) is 47.7. The van der Waals surface area contributed by atoms with Crippen molar-refractivity contribution in [2.24, 2.45) is 17.3 Å². The number of rotatable bonds is 10. The molecule has 4 aliphatic heterocycles. The van der Waals surface area contributed by atoms with Gasteiger partial charge in [0.25, 0.3) is 0 Å². The van der Waals surface area contributed by atoms with E-state index in [1.807, 2.05) is 0 Å². The Hall–Kier alpha value is -1.44. The number of fused-ring (bicyclic) bond motifs is 4. The van der Waals surface area contributed by atoms with Gasteiger partial charge < -0.3 is 23.7 Å². The van der Waals surface area contributed by atoms with Gasteiger partial charge in [-0.3, -0.25) is 4.79 Å². The van der Waals surface area contributed by atoms with E-state index >= 15 is 0 Å². The highest BCUT2D eigenvalue weighted by Crippen LogP contribution is 2.83. The summed E-state index contributed by atoms with van der Waals surface area (Å²) in [6, 6.07) is 0. The molecule has 2 unspecified atom stereocenters. The van der Waals surface area contributed by atoms with E-state index in [1.54, 1.807) is 0 Å². The number of esters is 2. The molecule has 3 saturated heterocycles. The van der Waals surface area contributed by atoms with Crippen molar-refractivity contribution < 1.29 is 33.3 Å². The maximum atomic E-state index is 13.2. The number of carbonyl (C=O) groups excluding carboxylic acids is 2. The number of ether oxygens (including phenoxy) is 5. The largest absolute Gasteiger partial charge is 0.458 e. The Morgan fingerprint density at radius 2 is 1.81 bits per heavy atom. The summed E-state index contributed by atoms with van der Waals surface area (Å²) in [5.41, 5.74) is 0.0759. The standard InChI is InChI=1S/C30H42O7/c1-5-6-7-8-9-10-11-12-22(31)34-26-28(17(2)3)23(36-28)24-30(37-24)27(4)14-13-18-19(16-33-25(18)32)20(27)15-21-29(26,30)35-21/h17,20-21,23-24,26H,5-16H2,1-4H3/t20?,21-,23?,24-,26+,27-,28-,29+,30+/m0/s1. The second-order valence-electron chi connectivity index (χ2n) is 13.2. The third kappa shape index (κ3) is 2.94. The highest BCUT2D eigenvalue weighted by molar-refractivity contribution is 5.92. The summed E-state index contributed by atoms with van der Waals surface area (Å²) in [6.07, 6.45) is 10.3. The Labute approximate surface area is 219 Å². The summed E-state index contributed by atoms with van der Waals surface area (Å²) < 4.78 is 31.8. The smallest absolute Gasteiger partial charge is 0.334 e. The highest BCUT2D eigenvalue weighted by atomic mass is 16.8. The van der Waals surface area contributed by atoms with E-state index in [9.17, 15) is 9.59 Å². The molecule has 9 atom stereocenters. The Morgan fingerprint density at radius 1 is 1.05 bits per heavy atom. The summed E-state index contributed by atoms with van der Waals surface area (Å²) in [6.45, 7) is 9.25. The van der Waals surface area contributed by atoms with Gasteiger partial charge in [-0.25, -0.2) is 4.79 Å². The predicted octanol–water partition coefficient (Wildman–Crippen LogP) is 4.79. The van der Waals surface area contributed by atoms with Crippen molar-refractivity contribution in [3.63, 3.8) is 0 Å². The van der Waals surface area contributed by atoms with E-state index < -0.39 is 22.9 Å². The molecule has 0 aromatic heterocycles. The van der Waals surface area contributed by atoms with Gasteiger partial charge in [-0.1, -0.05) is 66.2 Å². The molecule has 0 amide bonds. The molecule has 0 aromatic carbocycles. The minimum atomic E-state index is -0.655. The van der Waals surface area contributed by atoms with Gasteiger partial charge in [0.2, 0.25) is 0 Å². The lowest BCUT2D eigenvalue weighted by Gasteiger charge is -2.53. The van der Waals surface area contributed by atoms with Crippen molar-refractivity contribution in [1.82, 2.24) is 0 Å². The zero-order chi connectivity index (χ0) is 25.8. The van der Waals surface area contributed by atoms with Crippen molar-refractivity contribution in [3.05, 3.63) is 11.1 Å². The van der Waals surface area contributed by atoms with Crippen LogP contribution >= 0.6 is 0 Å². The zero-order valence-electron chi connectivity index (χ0n) is 22.8. The van der Waals surface area contributed by atoms with Gasteiger partial charge in [0.05, 0.1) is 6.10 Å². The topological polar surface area (TPSA) is 90.2 Å². The molecular weight excluding hydrogens is 472 g/mol. The first-order valence-corrected chi connectivity index (χ1v) is 14.9. The van der Waals surface area contributed by atoms with Crippen LogP contribution in [0.1, 0.15) is 98.3 Å². The first-order valence-electron chi connectivity index (χ1n) is 14.9. The third-order valence-corrected chi connectivity index (χ3v) is 11.3. The maximum Gasteiger partial charge on any atom is 0.334 e. The fourth-order valence-corrected chi connectivity index (χ4v) is 9.26. The van der Waals surface area contributed by atoms with Crippen LogP contribution < -0.4 is 0 Å². The number of epoxide rings is 3. The minimum absolute atomic E-state index is 0.0501. The van der Waals surface area contributed by atoms with E-state index in [0.717, 1.165) is 36.8 Å². The van der Waals surface area contributed by atoms with Crippen molar-refractivity contribution >= 4 is 11.9 Å². The fraction of sp³-hybridized carbons (Fsp3) is 0.867. The Kier molecular flexibility index (Phi) is 5.35. The average Bonchev–Trinajstić information content (AvgIpc) is 3.77. The molecular formula is C30H42O7. The van der Waals surface area contributed by atoms with Crippen LogP contribution in [0.2, 0.25) is 0 Å². The van der Waals surface area contributed by atoms with Crippen LogP contribution in [-0.4, -0.2) is 59.8 Å². The molecule has 0 N–H and O–H groups in total. The van der Waals surface area contributed by atoms with Crippen molar-refractivity contribution in [2.75, 3.05) is 6.61 Å². The molecule has 3 aliphatic carbocycles. The van der Waals surface area contributed by atoms with Gasteiger partial charge in [-0.05, 0) is 43.1 Å². The monoisotopic (exact) mass is 514 g/mol. The SMILES string of the molecule is CCCCCCCCCC(=O)O[C@@H]1[C@@]2(C(C)C)OC2[C@@H]2O[C@]23[C@]12O[C@H]2CC1C2=C(CC[C@@]13C)C(=O)OC2. The molecule has 5 fully saturated rings. The molecule has 7 nitrogen and oxygen atoms in total. The van der Waals surface area contributed by atoms with Crippen molar-refractivity contribution in [3.8, 4) is 0 Å². The minimum Gasteiger partial charge on any atom is -0.458 e. The van der Waals surface area contributed by atoms with Gasteiger partial charge in [0.15, 0.2) is 11.7 Å². The number of hydrogen-bond acceptors (Lipinski definition) is 7. The molecule has 4 heterocycles. The fourth-order valence-electron chi connectivity index (χ4n) is 9.26. The van der Waals surface area contributed by atoms with E-state index in [2.05, 4.69) is 27.7 Å². The van der Waals surface area contributed by atoms with Gasteiger partial charge in [0, 0.05) is 17.4 Å². The van der Waals surface area contributed by atoms with Gasteiger partial charge in [-0.15, -0.1) is 0 Å². The second-order valence-corrected chi connectivity index (χ2v) is 13.2. The molecule has 204 valence electrons. The number of carbonyl (C=O) groups is 2. The van der Waals surface area contributed by atoms with Crippen molar-refractivity contribution in [1.29, 1.82) is 0 Å². The zero-order valence-corrected chi connectivity index (χ0v) is 22.8. The maximum absolute atomic E-state index is 13.2. The molecule has 0 aromatic rings. The van der Waals surface area contributed by atoms with E-state index in [1.165, 1.54) is 32.1 Å². The van der Waals surface area contributed by atoms with E-state index in [-0.39, 0.29) is 47.5 Å². The quantitative estimate of drug-likeness (QED) is 0.235. The van der Waals surface area contributed by atoms with Crippen LogP contribution in [0.5, 0.6) is 0 Å². The summed E-state index contributed by atoms with van der Waals surface area (Å²) in [5, 5.41) is 0. The Bertz CT molecular complexity index is 1050. The highest BCUT2D eigenvalue weighted by Gasteiger charge is 3.01. The molecule has 2 saturated carbocycles. The number of hydrogen-bond donors (Lipinski definition) is 0. The lowest BCUT2D eigenvalue weighted by atomic mass is 9.46. The van der Waals surface area contributed by atoms with Crippen LogP contribution in [-0.2, 0) is 33.3 Å². The van der Waals surface area contributed by atoms with E-state index in [0.29, 0.717) is 19.4 Å². The van der Waals surface area contributed by atoms with Crippen LogP contribution in [0.3, 0.4) is 0 Å². The Morgan fingerprint density at radius 3 is 2.57 bits per heavy atom. The summed E-state index contributed by atoms with van der Waals surface area (Å²) in [7, 11) is 0. The molecule has 2 spiro atoms. The van der Waals surface area contributed by atoms with Gasteiger partial charge in [0.1, 0.15) is 30.0 Å². The van der Waals surface area contributed by atoms with Gasteiger partial charge >= 0.3 is 11.9 Å². The molecule has 0 radical (unpaired) electrons. The molecule has 0 bridgehead atoms. The lowest BCUT2D eigenvalue weighted by molar-refractivity contribution is -0.169. The van der Waals surface area contributed by atoms with Crippen molar-refractivity contribution in [2.45, 2.75) is 140 Å². The number of cyclic esters (lactones) is 1. The summed E-state index contributed by atoms with van der Waals surface area (Å²) in [4.78, 5) is 25.6. The predicted molar refractivity (Wildman–Crippen MR) is 134 cm³/mol. The average molecular weight is 515 g/mol. The van der Waals surface area contributed by atoms with Crippen LogP contribution in [0, 0.1) is 17.3 Å². The van der Waals surface area contributed by atoms with Crippen LogP contribution in [0.4, 0.5) is 0 Å². The molecule has 7 heteroatoms. The lowest BCUT2D eigenvalue weighted by Crippen LogP contribution is -2.70. The summed E-state index contributed by atoms with van der Waals surface area (Å²) in [5.74, 6) is 0.0768. The molecule has 37 heavy (non-hydrogen) atoms. The molecule has 7 aliphatic rings. The summed E-state index contributed by atoms with van der Waals surface area (Å²) >= 11 is 0. The third-order valence-electron chi connectivity index (χ3n) is 11.3. The van der Waals surface area contributed by atoms with Crippen LogP contribution in [0.15, 0.2) is 11.1 Å². The van der Waals surface area contributed by atoms with E-state index in [4.69, 9.17) is 23.7 Å². The Balaban J connectivity index is 1.13. The first-order chi connectivity index (χ1) is 17.8. The second kappa shape index (κ2) is 8.04. The first kappa shape index (κ1) is 24.6. The molecule has 7 rings (SSSR count). The van der Waals surface area contributed by atoms with Crippen LogP contribution in [0.25, 0.3) is 0 Å². The van der Waals surface area contributed by atoms with Gasteiger partial charge in [-0.2, -0.15) is 0 Å².